The zero-order chi connectivity index (χ0) is 25.0. The highest BCUT2D eigenvalue weighted by atomic mass is 79.9. The lowest BCUT2D eigenvalue weighted by molar-refractivity contribution is 0.201. The third-order valence-corrected chi connectivity index (χ3v) is 8.18. The van der Waals surface area contributed by atoms with E-state index in [9.17, 15) is 4.79 Å². The average Bonchev–Trinajstić information content (AvgIpc) is 2.83. The maximum absolute atomic E-state index is 13.4. The van der Waals surface area contributed by atoms with Crippen LogP contribution in [-0.4, -0.2) is 28.6 Å². The Bertz CT molecular complexity index is 1270. The number of halogens is 3. The van der Waals surface area contributed by atoms with Gasteiger partial charge in [-0.05, 0) is 82.8 Å². The predicted octanol–water partition coefficient (Wildman–Crippen LogP) is 7.66. The first kappa shape index (κ1) is 26.9. The summed E-state index contributed by atoms with van der Waals surface area (Å²) >= 11 is 10.7. The highest BCUT2D eigenvalue weighted by Gasteiger charge is 2.20. The molecule has 0 unspecified atom stereocenters. The Balaban J connectivity index is 2.17. The van der Waals surface area contributed by atoms with Crippen molar-refractivity contribution in [1.29, 1.82) is 0 Å². The van der Waals surface area contributed by atoms with Crippen molar-refractivity contribution < 1.29 is 9.47 Å². The average molecular weight is 658 g/mol. The van der Waals surface area contributed by atoms with Gasteiger partial charge in [-0.25, -0.2) is 4.98 Å². The lowest BCUT2D eigenvalue weighted by Gasteiger charge is -2.19. The molecule has 34 heavy (non-hydrogen) atoms. The van der Waals surface area contributed by atoms with E-state index in [0.717, 1.165) is 31.8 Å². The molecular weight excluding hydrogens is 630 g/mol. The van der Waals surface area contributed by atoms with E-state index in [1.807, 2.05) is 39.0 Å². The topological polar surface area (TPSA) is 65.7 Å². The van der Waals surface area contributed by atoms with Gasteiger partial charge in [0.1, 0.15) is 5.82 Å². The molecule has 3 aromatic rings. The molecule has 0 aliphatic carbocycles. The highest BCUT2D eigenvalue weighted by Crippen LogP contribution is 2.43. The molecule has 0 aliphatic rings. The van der Waals surface area contributed by atoms with Crippen molar-refractivity contribution in [3.8, 4) is 11.5 Å². The number of hydrogen-bond acceptors (Lipinski definition) is 5. The van der Waals surface area contributed by atoms with Gasteiger partial charge in [0, 0.05) is 20.4 Å². The van der Waals surface area contributed by atoms with E-state index in [-0.39, 0.29) is 17.6 Å². The Morgan fingerprint density at radius 3 is 2.47 bits per heavy atom. The fourth-order valence-corrected chi connectivity index (χ4v) is 4.53. The Morgan fingerprint density at radius 1 is 1.09 bits per heavy atom. The second kappa shape index (κ2) is 11.8. The van der Waals surface area contributed by atoms with Crippen LogP contribution in [0.15, 0.2) is 47.6 Å². The van der Waals surface area contributed by atoms with Crippen molar-refractivity contribution in [2.24, 2.45) is 5.10 Å². The largest absolute Gasteiger partial charge is 0.490 e. The van der Waals surface area contributed by atoms with Crippen molar-refractivity contribution in [2.45, 2.75) is 59.5 Å². The first-order valence-electron chi connectivity index (χ1n) is 11.3. The Kier molecular flexibility index (Phi) is 9.34. The lowest BCUT2D eigenvalue weighted by Crippen LogP contribution is -2.23. The summed E-state index contributed by atoms with van der Waals surface area (Å²) < 4.78 is 15.7. The number of nitrogens with zero attached hydrogens (tertiary/aromatic N) is 3. The number of ether oxygens (including phenoxy) is 2. The van der Waals surface area contributed by atoms with Crippen LogP contribution in [0.3, 0.4) is 0 Å². The molecule has 9 heteroatoms. The second-order valence-electron chi connectivity index (χ2n) is 7.99. The Labute approximate surface area is 225 Å². The van der Waals surface area contributed by atoms with Gasteiger partial charge >= 0.3 is 0 Å². The van der Waals surface area contributed by atoms with Crippen LogP contribution < -0.4 is 15.0 Å². The summed E-state index contributed by atoms with van der Waals surface area (Å²) in [6.07, 6.45) is 3.37. The van der Waals surface area contributed by atoms with Crippen LogP contribution in [0, 0.1) is 0 Å². The summed E-state index contributed by atoms with van der Waals surface area (Å²) in [5, 5.41) is 5.09. The van der Waals surface area contributed by atoms with Gasteiger partial charge in [-0.15, -0.1) is 0 Å². The minimum atomic E-state index is -0.213. The van der Waals surface area contributed by atoms with E-state index in [1.165, 1.54) is 4.68 Å². The summed E-state index contributed by atoms with van der Waals surface area (Å²) in [6.45, 7) is 10.6. The summed E-state index contributed by atoms with van der Waals surface area (Å²) in [6, 6.07) is 7.37. The minimum Gasteiger partial charge on any atom is -0.490 e. The standard InChI is InChI=1S/C25H28Br3N3O3/c1-6-14(4)24-30-19-10-9-17(26)12-18(19)25(32)31(24)29-13-16-11-20(33-8-3)23(22(28)21(16)27)34-15(5)7-2/h9-15H,6-8H2,1-5H3/t14-,15+/m1/s1. The number of fused-ring (bicyclic) bond motifs is 1. The van der Waals surface area contributed by atoms with Crippen molar-refractivity contribution in [2.75, 3.05) is 6.61 Å². The molecule has 2 aromatic carbocycles. The van der Waals surface area contributed by atoms with E-state index in [0.29, 0.717) is 34.8 Å². The van der Waals surface area contributed by atoms with Crippen molar-refractivity contribution in [3.05, 3.63) is 59.4 Å². The third-order valence-electron chi connectivity index (χ3n) is 5.55. The molecule has 2 atom stereocenters. The summed E-state index contributed by atoms with van der Waals surface area (Å²) in [7, 11) is 0. The fourth-order valence-electron chi connectivity index (χ4n) is 3.25. The van der Waals surface area contributed by atoms with Crippen molar-refractivity contribution in [1.82, 2.24) is 9.66 Å². The number of hydrogen-bond donors (Lipinski definition) is 0. The maximum Gasteiger partial charge on any atom is 0.282 e. The van der Waals surface area contributed by atoms with Crippen LogP contribution in [0.1, 0.15) is 64.8 Å². The number of benzene rings is 2. The molecule has 0 radical (unpaired) electrons. The molecule has 182 valence electrons. The molecule has 0 fully saturated rings. The van der Waals surface area contributed by atoms with Crippen molar-refractivity contribution >= 4 is 64.9 Å². The smallest absolute Gasteiger partial charge is 0.282 e. The molecule has 0 aliphatic heterocycles. The predicted molar refractivity (Wildman–Crippen MR) is 149 cm³/mol. The van der Waals surface area contributed by atoms with Gasteiger partial charge in [0.25, 0.3) is 5.56 Å². The minimum absolute atomic E-state index is 0.0292. The zero-order valence-corrected chi connectivity index (χ0v) is 24.6. The van der Waals surface area contributed by atoms with E-state index in [2.05, 4.69) is 66.7 Å². The monoisotopic (exact) mass is 655 g/mol. The van der Waals surface area contributed by atoms with Gasteiger partial charge in [-0.3, -0.25) is 4.79 Å². The van der Waals surface area contributed by atoms with Gasteiger partial charge in [0.2, 0.25) is 0 Å². The maximum atomic E-state index is 13.4. The van der Waals surface area contributed by atoms with E-state index in [4.69, 9.17) is 14.5 Å². The molecule has 3 rings (SSSR count). The number of aromatic nitrogens is 2. The van der Waals surface area contributed by atoms with Gasteiger partial charge in [0.05, 0.1) is 34.3 Å². The normalized spacial score (nSPS) is 13.4. The van der Waals surface area contributed by atoms with Crippen molar-refractivity contribution in [3.63, 3.8) is 0 Å². The van der Waals surface area contributed by atoms with Crippen LogP contribution in [0.5, 0.6) is 11.5 Å². The molecule has 0 spiro atoms. The second-order valence-corrected chi connectivity index (χ2v) is 10.5. The zero-order valence-electron chi connectivity index (χ0n) is 19.9. The van der Waals surface area contributed by atoms with Crippen LogP contribution in [-0.2, 0) is 0 Å². The molecule has 1 heterocycles. The SMILES string of the molecule is CCOc1cc(C=Nn2c([C@H](C)CC)nc3ccc(Br)cc3c2=O)c(Br)c(Br)c1O[C@@H](C)CC. The van der Waals surface area contributed by atoms with Crippen LogP contribution >= 0.6 is 47.8 Å². The molecule has 0 saturated carbocycles. The fraction of sp³-hybridized carbons (Fsp3) is 0.400. The molecule has 0 bridgehead atoms. The molecule has 1 aromatic heterocycles. The third kappa shape index (κ3) is 5.74. The van der Waals surface area contributed by atoms with Gasteiger partial charge in [0.15, 0.2) is 11.5 Å². The summed E-state index contributed by atoms with van der Waals surface area (Å²) in [4.78, 5) is 18.2. The number of rotatable bonds is 9. The van der Waals surface area contributed by atoms with E-state index < -0.39 is 0 Å². The molecular formula is C25H28Br3N3O3. The first-order chi connectivity index (χ1) is 16.2. The molecule has 0 amide bonds. The van der Waals surface area contributed by atoms with E-state index >= 15 is 0 Å². The van der Waals surface area contributed by atoms with Crippen LogP contribution in [0.2, 0.25) is 0 Å². The van der Waals surface area contributed by atoms with Gasteiger partial charge < -0.3 is 9.47 Å². The van der Waals surface area contributed by atoms with Crippen LogP contribution in [0.25, 0.3) is 10.9 Å². The molecule has 6 nitrogen and oxygen atoms in total. The van der Waals surface area contributed by atoms with E-state index in [1.54, 1.807) is 12.3 Å². The Hall–Kier alpha value is -1.71. The van der Waals surface area contributed by atoms with Gasteiger partial charge in [-0.1, -0.05) is 36.7 Å². The quantitative estimate of drug-likeness (QED) is 0.222. The van der Waals surface area contributed by atoms with Gasteiger partial charge in [-0.2, -0.15) is 9.78 Å². The summed E-state index contributed by atoms with van der Waals surface area (Å²) in [5.74, 6) is 1.91. The van der Waals surface area contributed by atoms with Crippen LogP contribution in [0.4, 0.5) is 0 Å². The summed E-state index contributed by atoms with van der Waals surface area (Å²) in [5.41, 5.74) is 1.18. The first-order valence-corrected chi connectivity index (χ1v) is 13.7. The molecule has 0 N–H and O–H groups in total. The molecule has 0 saturated heterocycles. The Morgan fingerprint density at radius 2 is 1.82 bits per heavy atom. The highest BCUT2D eigenvalue weighted by molar-refractivity contribution is 9.13. The lowest BCUT2D eigenvalue weighted by atomic mass is 10.1.